The van der Waals surface area contributed by atoms with Crippen LogP contribution in [0.2, 0.25) is 0 Å². The van der Waals surface area contributed by atoms with Crippen LogP contribution >= 0.6 is 0 Å². The normalized spacial score (nSPS) is 13.8. The molecule has 1 amide bonds. The molecule has 1 aromatic rings. The Balaban J connectivity index is 2.38. The van der Waals surface area contributed by atoms with Gasteiger partial charge in [-0.2, -0.15) is 5.26 Å². The third-order valence-corrected chi connectivity index (χ3v) is 3.48. The molecule has 0 aliphatic carbocycles. The smallest absolute Gasteiger partial charge is 0.292 e. The summed E-state index contributed by atoms with van der Waals surface area (Å²) >= 11 is 0. The molecule has 0 atom stereocenters. The lowest BCUT2D eigenvalue weighted by Gasteiger charge is -2.19. The Hall–Kier alpha value is -2.62. The summed E-state index contributed by atoms with van der Waals surface area (Å²) in [4.78, 5) is 24.3. The highest BCUT2D eigenvalue weighted by atomic mass is 16.6. The molecule has 0 saturated carbocycles. The Kier molecular flexibility index (Phi) is 4.38. The van der Waals surface area contributed by atoms with Crippen LogP contribution < -0.4 is 10.2 Å². The van der Waals surface area contributed by atoms with Crippen LogP contribution in [-0.4, -0.2) is 23.9 Å². The largest absolute Gasteiger partial charge is 0.366 e. The fourth-order valence-corrected chi connectivity index (χ4v) is 2.44. The zero-order valence-electron chi connectivity index (χ0n) is 11.8. The second kappa shape index (κ2) is 6.22. The van der Waals surface area contributed by atoms with E-state index in [-0.39, 0.29) is 12.1 Å². The first kappa shape index (κ1) is 14.8. The first-order valence-corrected chi connectivity index (χ1v) is 6.73. The third-order valence-electron chi connectivity index (χ3n) is 3.48. The molecular weight excluding hydrogens is 272 g/mol. The minimum absolute atomic E-state index is 0.0488. The molecule has 1 N–H and O–H groups in total. The van der Waals surface area contributed by atoms with E-state index in [1.807, 2.05) is 4.90 Å². The van der Waals surface area contributed by atoms with Gasteiger partial charge in [0.25, 0.3) is 5.69 Å². The summed E-state index contributed by atoms with van der Waals surface area (Å²) in [6.07, 6.45) is 1.76. The number of hydrogen-bond acceptors (Lipinski definition) is 5. The van der Waals surface area contributed by atoms with Crippen molar-refractivity contribution < 1.29 is 9.72 Å². The van der Waals surface area contributed by atoms with Gasteiger partial charge in [-0.05, 0) is 31.4 Å². The summed E-state index contributed by atoms with van der Waals surface area (Å²) in [7, 11) is 0. The van der Waals surface area contributed by atoms with E-state index in [1.165, 1.54) is 6.07 Å². The summed E-state index contributed by atoms with van der Waals surface area (Å²) in [6.45, 7) is 3.24. The van der Waals surface area contributed by atoms with Crippen LogP contribution in [-0.2, 0) is 4.79 Å². The van der Waals surface area contributed by atoms with Crippen LogP contribution in [0.4, 0.5) is 17.1 Å². The molecule has 1 aromatic carbocycles. The van der Waals surface area contributed by atoms with Crippen molar-refractivity contribution in [1.29, 1.82) is 5.26 Å². The lowest BCUT2D eigenvalue weighted by Crippen LogP contribution is -2.20. The highest BCUT2D eigenvalue weighted by Gasteiger charge is 2.24. The Morgan fingerprint density at radius 3 is 2.71 bits per heavy atom. The highest BCUT2D eigenvalue weighted by molar-refractivity contribution is 5.94. The summed E-state index contributed by atoms with van der Waals surface area (Å²) < 4.78 is 0. The van der Waals surface area contributed by atoms with E-state index in [4.69, 9.17) is 5.26 Å². The number of nitro groups is 1. The van der Waals surface area contributed by atoms with E-state index in [2.05, 4.69) is 5.32 Å². The maximum Gasteiger partial charge on any atom is 0.292 e. The quantitative estimate of drug-likeness (QED) is 0.677. The number of nitrogens with zero attached hydrogens (tertiary/aromatic N) is 3. The number of carbonyl (C=O) groups excluding carboxylic acids is 1. The SMILES string of the molecule is Cc1cc([N+](=O)[O-])c(N2CCCC2)cc1NC(=O)CC#N. The van der Waals surface area contributed by atoms with Crippen LogP contribution in [0, 0.1) is 28.4 Å². The number of amides is 1. The molecule has 0 aromatic heterocycles. The monoisotopic (exact) mass is 288 g/mol. The minimum atomic E-state index is -0.415. The molecule has 1 aliphatic rings. The van der Waals surface area contributed by atoms with Gasteiger partial charge in [0.1, 0.15) is 12.1 Å². The number of nitrogens with one attached hydrogen (secondary N) is 1. The standard InChI is InChI=1S/C14H16N4O3/c1-10-8-13(18(20)21)12(17-6-2-3-7-17)9-11(10)16-14(19)4-5-15/h8-9H,2-4,6-7H2,1H3,(H,16,19). The van der Waals surface area contributed by atoms with Crippen molar-refractivity contribution in [3.8, 4) is 6.07 Å². The van der Waals surface area contributed by atoms with E-state index in [0.29, 0.717) is 16.9 Å². The Labute approximate surface area is 122 Å². The van der Waals surface area contributed by atoms with E-state index in [1.54, 1.807) is 19.1 Å². The summed E-state index contributed by atoms with van der Waals surface area (Å²) in [5, 5.41) is 22.4. The van der Waals surface area contributed by atoms with Gasteiger partial charge >= 0.3 is 0 Å². The molecule has 1 heterocycles. The van der Waals surface area contributed by atoms with Crippen molar-refractivity contribution in [2.24, 2.45) is 0 Å². The molecule has 21 heavy (non-hydrogen) atoms. The van der Waals surface area contributed by atoms with Crippen LogP contribution in [0.25, 0.3) is 0 Å². The van der Waals surface area contributed by atoms with Crippen molar-refractivity contribution in [2.75, 3.05) is 23.3 Å². The van der Waals surface area contributed by atoms with Crippen molar-refractivity contribution in [3.63, 3.8) is 0 Å². The molecular formula is C14H16N4O3. The molecule has 110 valence electrons. The van der Waals surface area contributed by atoms with Gasteiger partial charge in [-0.25, -0.2) is 0 Å². The molecule has 2 rings (SSSR count). The van der Waals surface area contributed by atoms with Gasteiger partial charge in [0, 0.05) is 24.8 Å². The molecule has 1 saturated heterocycles. The highest BCUT2D eigenvalue weighted by Crippen LogP contribution is 2.35. The van der Waals surface area contributed by atoms with E-state index in [0.717, 1.165) is 25.9 Å². The topological polar surface area (TPSA) is 99.3 Å². The van der Waals surface area contributed by atoms with Crippen molar-refractivity contribution in [1.82, 2.24) is 0 Å². The number of carbonyl (C=O) groups is 1. The Bertz CT molecular complexity index is 615. The number of anilines is 2. The average molecular weight is 288 g/mol. The summed E-state index contributed by atoms with van der Waals surface area (Å²) in [5.74, 6) is -0.415. The van der Waals surface area contributed by atoms with Crippen LogP contribution in [0.1, 0.15) is 24.8 Å². The molecule has 7 nitrogen and oxygen atoms in total. The van der Waals surface area contributed by atoms with Crippen LogP contribution in [0.3, 0.4) is 0 Å². The van der Waals surface area contributed by atoms with Crippen LogP contribution in [0.15, 0.2) is 12.1 Å². The Morgan fingerprint density at radius 2 is 2.14 bits per heavy atom. The first-order valence-electron chi connectivity index (χ1n) is 6.73. The zero-order chi connectivity index (χ0) is 15.4. The number of nitriles is 1. The molecule has 0 spiro atoms. The summed E-state index contributed by atoms with van der Waals surface area (Å²) in [5.41, 5.74) is 1.70. The average Bonchev–Trinajstić information content (AvgIpc) is 2.94. The lowest BCUT2D eigenvalue weighted by molar-refractivity contribution is -0.384. The van der Waals surface area contributed by atoms with E-state index < -0.39 is 10.8 Å². The molecule has 0 radical (unpaired) electrons. The van der Waals surface area contributed by atoms with Gasteiger partial charge < -0.3 is 10.2 Å². The molecule has 0 unspecified atom stereocenters. The molecule has 7 heteroatoms. The summed E-state index contributed by atoms with van der Waals surface area (Å²) in [6, 6.07) is 4.88. The van der Waals surface area contributed by atoms with Gasteiger partial charge in [0.2, 0.25) is 5.91 Å². The predicted molar refractivity (Wildman–Crippen MR) is 78.1 cm³/mol. The number of hydrogen-bond donors (Lipinski definition) is 1. The maximum absolute atomic E-state index is 11.5. The third kappa shape index (κ3) is 3.28. The predicted octanol–water partition coefficient (Wildman–Crippen LogP) is 2.36. The zero-order valence-corrected chi connectivity index (χ0v) is 11.8. The fourth-order valence-electron chi connectivity index (χ4n) is 2.44. The number of aryl methyl sites for hydroxylation is 1. The second-order valence-electron chi connectivity index (χ2n) is 4.99. The number of rotatable bonds is 4. The first-order chi connectivity index (χ1) is 10.0. The van der Waals surface area contributed by atoms with Gasteiger partial charge in [0.05, 0.1) is 11.0 Å². The Morgan fingerprint density at radius 1 is 1.48 bits per heavy atom. The number of nitro benzene ring substituents is 1. The van der Waals surface area contributed by atoms with E-state index >= 15 is 0 Å². The van der Waals surface area contributed by atoms with Gasteiger partial charge in [-0.3, -0.25) is 14.9 Å². The number of benzene rings is 1. The molecule has 0 bridgehead atoms. The minimum Gasteiger partial charge on any atom is -0.366 e. The van der Waals surface area contributed by atoms with Crippen LogP contribution in [0.5, 0.6) is 0 Å². The molecule has 1 fully saturated rings. The van der Waals surface area contributed by atoms with Crippen molar-refractivity contribution >= 4 is 23.0 Å². The van der Waals surface area contributed by atoms with Crippen molar-refractivity contribution in [3.05, 3.63) is 27.8 Å². The van der Waals surface area contributed by atoms with Gasteiger partial charge in [-0.1, -0.05) is 0 Å². The fraction of sp³-hybridized carbons (Fsp3) is 0.429. The van der Waals surface area contributed by atoms with Gasteiger partial charge in [-0.15, -0.1) is 0 Å². The van der Waals surface area contributed by atoms with Crippen molar-refractivity contribution in [2.45, 2.75) is 26.2 Å². The maximum atomic E-state index is 11.5. The van der Waals surface area contributed by atoms with Gasteiger partial charge in [0.15, 0.2) is 0 Å². The van der Waals surface area contributed by atoms with E-state index in [9.17, 15) is 14.9 Å². The lowest BCUT2D eigenvalue weighted by atomic mass is 10.1. The second-order valence-corrected chi connectivity index (χ2v) is 4.99. The molecule has 1 aliphatic heterocycles.